The van der Waals surface area contributed by atoms with Crippen molar-refractivity contribution >= 4 is 6.08 Å². The Morgan fingerprint density at radius 3 is 3.07 bits per heavy atom. The van der Waals surface area contributed by atoms with Crippen LogP contribution in [0.4, 0.5) is 0 Å². The van der Waals surface area contributed by atoms with Gasteiger partial charge in [0.2, 0.25) is 0 Å². The van der Waals surface area contributed by atoms with Gasteiger partial charge in [0.1, 0.15) is 11.9 Å². The topological polar surface area (TPSA) is 35.2 Å². The lowest BCUT2D eigenvalue weighted by Gasteiger charge is -2.02. The summed E-state index contributed by atoms with van der Waals surface area (Å²) in [6, 6.07) is 6.39. The number of rotatable bonds is 2. The number of nitrogens with two attached hydrogens (primary N) is 1. The molecule has 0 bridgehead atoms. The maximum absolute atomic E-state index is 5.66. The zero-order chi connectivity index (χ0) is 10.8. The van der Waals surface area contributed by atoms with Crippen LogP contribution in [0.5, 0.6) is 5.75 Å². The van der Waals surface area contributed by atoms with Crippen molar-refractivity contribution in [3.63, 3.8) is 0 Å². The molecule has 2 rings (SSSR count). The largest absolute Gasteiger partial charge is 0.490 e. The van der Waals surface area contributed by atoms with E-state index in [0.29, 0.717) is 6.10 Å². The second kappa shape index (κ2) is 4.07. The number of fused-ring (bicyclic) bond motifs is 1. The van der Waals surface area contributed by atoms with Crippen LogP contribution in [-0.2, 0) is 6.42 Å². The van der Waals surface area contributed by atoms with E-state index in [9.17, 15) is 0 Å². The lowest BCUT2D eigenvalue weighted by atomic mass is 10.1. The second-order valence-electron chi connectivity index (χ2n) is 4.22. The average Bonchev–Trinajstić information content (AvgIpc) is 2.53. The Hall–Kier alpha value is -1.28. The molecule has 0 saturated heterocycles. The molecule has 0 fully saturated rings. The summed E-state index contributed by atoms with van der Waals surface area (Å²) >= 11 is 0. The van der Waals surface area contributed by atoms with E-state index in [-0.39, 0.29) is 6.04 Å². The van der Waals surface area contributed by atoms with Gasteiger partial charge in [-0.25, -0.2) is 0 Å². The quantitative estimate of drug-likeness (QED) is 0.801. The Morgan fingerprint density at radius 2 is 2.33 bits per heavy atom. The maximum Gasteiger partial charge on any atom is 0.123 e. The predicted octanol–water partition coefficient (Wildman–Crippen LogP) is 2.37. The molecule has 0 aromatic heterocycles. The first-order valence-corrected chi connectivity index (χ1v) is 5.38. The highest BCUT2D eigenvalue weighted by Gasteiger charge is 2.18. The van der Waals surface area contributed by atoms with Crippen LogP contribution in [0.15, 0.2) is 24.3 Å². The van der Waals surface area contributed by atoms with Gasteiger partial charge in [-0.05, 0) is 37.1 Å². The molecule has 2 heteroatoms. The van der Waals surface area contributed by atoms with Gasteiger partial charge in [-0.3, -0.25) is 0 Å². The third-order valence-corrected chi connectivity index (χ3v) is 2.51. The highest BCUT2D eigenvalue weighted by Crippen LogP contribution is 2.29. The van der Waals surface area contributed by atoms with Gasteiger partial charge >= 0.3 is 0 Å². The van der Waals surface area contributed by atoms with Gasteiger partial charge in [0, 0.05) is 12.5 Å². The standard InChI is InChI=1S/C13H17NO/c1-9(14)3-4-11-5-6-13-12(8-11)7-10(2)15-13/h3-6,8-10H,7,14H2,1-2H3/b4-3+. The predicted molar refractivity (Wildman–Crippen MR) is 62.9 cm³/mol. The molecular weight excluding hydrogens is 186 g/mol. The van der Waals surface area contributed by atoms with Crippen LogP contribution >= 0.6 is 0 Å². The molecule has 1 heterocycles. The van der Waals surface area contributed by atoms with E-state index < -0.39 is 0 Å². The summed E-state index contributed by atoms with van der Waals surface area (Å²) in [5, 5.41) is 0. The number of benzene rings is 1. The molecule has 2 unspecified atom stereocenters. The van der Waals surface area contributed by atoms with E-state index in [0.717, 1.165) is 12.2 Å². The zero-order valence-electron chi connectivity index (χ0n) is 9.23. The molecule has 1 aliphatic heterocycles. The minimum atomic E-state index is 0.105. The molecule has 0 aliphatic carbocycles. The van der Waals surface area contributed by atoms with E-state index in [1.165, 1.54) is 11.1 Å². The molecule has 2 N–H and O–H groups in total. The Morgan fingerprint density at radius 1 is 1.53 bits per heavy atom. The zero-order valence-corrected chi connectivity index (χ0v) is 9.23. The van der Waals surface area contributed by atoms with Crippen LogP contribution < -0.4 is 10.5 Å². The SMILES string of the molecule is CC(N)/C=C/c1ccc2c(c1)CC(C)O2. The average molecular weight is 203 g/mol. The van der Waals surface area contributed by atoms with Crippen LogP contribution in [0.2, 0.25) is 0 Å². The summed E-state index contributed by atoms with van der Waals surface area (Å²) in [4.78, 5) is 0. The first-order valence-electron chi connectivity index (χ1n) is 5.38. The van der Waals surface area contributed by atoms with Crippen molar-refractivity contribution in [3.05, 3.63) is 35.4 Å². The first kappa shape index (κ1) is 10.2. The Bertz CT molecular complexity index is 382. The fourth-order valence-corrected chi connectivity index (χ4v) is 1.81. The summed E-state index contributed by atoms with van der Waals surface area (Å²) in [6.45, 7) is 4.06. The minimum Gasteiger partial charge on any atom is -0.490 e. The molecule has 0 saturated carbocycles. The molecule has 2 nitrogen and oxygen atoms in total. The van der Waals surface area contributed by atoms with Crippen LogP contribution in [0.3, 0.4) is 0 Å². The molecule has 1 aromatic rings. The second-order valence-corrected chi connectivity index (χ2v) is 4.22. The molecular formula is C13H17NO. The summed E-state index contributed by atoms with van der Waals surface area (Å²) in [5.74, 6) is 1.03. The molecule has 0 spiro atoms. The Balaban J connectivity index is 2.20. The van der Waals surface area contributed by atoms with Crippen molar-refractivity contribution in [2.24, 2.45) is 5.73 Å². The van der Waals surface area contributed by atoms with E-state index in [2.05, 4.69) is 25.1 Å². The number of hydrogen-bond acceptors (Lipinski definition) is 2. The van der Waals surface area contributed by atoms with E-state index in [4.69, 9.17) is 10.5 Å². The third kappa shape index (κ3) is 2.39. The van der Waals surface area contributed by atoms with E-state index in [1.807, 2.05) is 19.1 Å². The molecule has 0 amide bonds. The molecule has 2 atom stereocenters. The highest BCUT2D eigenvalue weighted by molar-refractivity contribution is 5.54. The lowest BCUT2D eigenvalue weighted by molar-refractivity contribution is 0.254. The van der Waals surface area contributed by atoms with Crippen LogP contribution in [0, 0.1) is 0 Å². The van der Waals surface area contributed by atoms with Crippen LogP contribution in [0.25, 0.3) is 6.08 Å². The number of hydrogen-bond donors (Lipinski definition) is 1. The van der Waals surface area contributed by atoms with Crippen molar-refractivity contribution in [1.29, 1.82) is 0 Å². The van der Waals surface area contributed by atoms with Gasteiger partial charge in [-0.15, -0.1) is 0 Å². The van der Waals surface area contributed by atoms with E-state index in [1.54, 1.807) is 0 Å². The third-order valence-electron chi connectivity index (χ3n) is 2.51. The number of ether oxygens (including phenoxy) is 1. The molecule has 0 radical (unpaired) electrons. The summed E-state index contributed by atoms with van der Waals surface area (Å²) in [6.07, 6.45) is 5.39. The summed E-state index contributed by atoms with van der Waals surface area (Å²) < 4.78 is 5.64. The molecule has 1 aliphatic rings. The van der Waals surface area contributed by atoms with Gasteiger partial charge in [-0.1, -0.05) is 18.2 Å². The fraction of sp³-hybridized carbons (Fsp3) is 0.385. The normalized spacial score (nSPS) is 21.4. The van der Waals surface area contributed by atoms with Crippen molar-refractivity contribution in [2.75, 3.05) is 0 Å². The van der Waals surface area contributed by atoms with Crippen LogP contribution in [0.1, 0.15) is 25.0 Å². The van der Waals surface area contributed by atoms with Crippen molar-refractivity contribution in [3.8, 4) is 5.75 Å². The Kier molecular flexibility index (Phi) is 2.78. The van der Waals surface area contributed by atoms with E-state index >= 15 is 0 Å². The van der Waals surface area contributed by atoms with Gasteiger partial charge in [0.05, 0.1) is 0 Å². The van der Waals surface area contributed by atoms with Crippen LogP contribution in [-0.4, -0.2) is 12.1 Å². The fourth-order valence-electron chi connectivity index (χ4n) is 1.81. The van der Waals surface area contributed by atoms with Gasteiger partial charge in [-0.2, -0.15) is 0 Å². The van der Waals surface area contributed by atoms with Gasteiger partial charge < -0.3 is 10.5 Å². The van der Waals surface area contributed by atoms with Gasteiger partial charge in [0.15, 0.2) is 0 Å². The minimum absolute atomic E-state index is 0.105. The molecule has 1 aromatic carbocycles. The first-order chi connectivity index (χ1) is 7.15. The Labute approximate surface area is 90.7 Å². The summed E-state index contributed by atoms with van der Waals surface area (Å²) in [7, 11) is 0. The van der Waals surface area contributed by atoms with Crippen molar-refractivity contribution < 1.29 is 4.74 Å². The van der Waals surface area contributed by atoms with Crippen molar-refractivity contribution in [2.45, 2.75) is 32.4 Å². The van der Waals surface area contributed by atoms with Gasteiger partial charge in [0.25, 0.3) is 0 Å². The molecule has 80 valence electrons. The smallest absolute Gasteiger partial charge is 0.123 e. The highest BCUT2D eigenvalue weighted by atomic mass is 16.5. The molecule has 15 heavy (non-hydrogen) atoms. The lowest BCUT2D eigenvalue weighted by Crippen LogP contribution is -2.09. The summed E-state index contributed by atoms with van der Waals surface area (Å²) in [5.41, 5.74) is 8.16. The maximum atomic E-state index is 5.66. The monoisotopic (exact) mass is 203 g/mol. The van der Waals surface area contributed by atoms with Crippen molar-refractivity contribution in [1.82, 2.24) is 0 Å².